The minimum absolute atomic E-state index is 0.0311. The first-order valence-electron chi connectivity index (χ1n) is 5.80. The molecule has 0 saturated heterocycles. The highest BCUT2D eigenvalue weighted by Gasteiger charge is 2.45. The summed E-state index contributed by atoms with van der Waals surface area (Å²) in [5, 5.41) is 11.4. The van der Waals surface area contributed by atoms with Crippen LogP contribution in [-0.2, 0) is 9.59 Å². The Morgan fingerprint density at radius 2 is 2.00 bits per heavy atom. The van der Waals surface area contributed by atoms with E-state index in [1.165, 1.54) is 0 Å². The van der Waals surface area contributed by atoms with Gasteiger partial charge < -0.3 is 10.4 Å². The van der Waals surface area contributed by atoms with E-state index in [4.69, 9.17) is 5.11 Å². The van der Waals surface area contributed by atoms with Crippen molar-refractivity contribution in [3.05, 3.63) is 0 Å². The molecule has 0 spiro atoms. The van der Waals surface area contributed by atoms with E-state index in [2.05, 4.69) is 19.2 Å². The standard InChI is InChI=1S/C12H21NO3/c1-8(5-11(15)16)4-10(14)13-7-9-6-12(9,2)3/h8-9H,4-7H2,1-3H3,(H,13,14)(H,15,16). The van der Waals surface area contributed by atoms with Crippen molar-refractivity contribution in [2.24, 2.45) is 17.3 Å². The number of aliphatic carboxylic acids is 1. The molecule has 0 aromatic rings. The van der Waals surface area contributed by atoms with Gasteiger partial charge in [-0.15, -0.1) is 0 Å². The van der Waals surface area contributed by atoms with Gasteiger partial charge in [0.2, 0.25) is 5.91 Å². The lowest BCUT2D eigenvalue weighted by molar-refractivity contribution is -0.138. The smallest absolute Gasteiger partial charge is 0.303 e. The summed E-state index contributed by atoms with van der Waals surface area (Å²) >= 11 is 0. The third kappa shape index (κ3) is 4.21. The number of carboxylic acid groups (broad SMARTS) is 1. The molecule has 2 N–H and O–H groups in total. The molecular formula is C12H21NO3. The molecule has 1 saturated carbocycles. The molecule has 1 amide bonds. The number of hydrogen-bond donors (Lipinski definition) is 2. The van der Waals surface area contributed by atoms with Crippen molar-refractivity contribution < 1.29 is 14.7 Å². The third-order valence-electron chi connectivity index (χ3n) is 3.32. The minimum atomic E-state index is -0.844. The van der Waals surface area contributed by atoms with Crippen molar-refractivity contribution >= 4 is 11.9 Å². The quantitative estimate of drug-likeness (QED) is 0.725. The second kappa shape index (κ2) is 4.85. The zero-order chi connectivity index (χ0) is 12.3. The van der Waals surface area contributed by atoms with Gasteiger partial charge >= 0.3 is 5.97 Å². The van der Waals surface area contributed by atoms with E-state index in [1.54, 1.807) is 6.92 Å². The second-order valence-corrected chi connectivity index (χ2v) is 5.60. The summed E-state index contributed by atoms with van der Waals surface area (Å²) in [4.78, 5) is 21.9. The van der Waals surface area contributed by atoms with E-state index in [0.717, 1.165) is 13.0 Å². The van der Waals surface area contributed by atoms with Gasteiger partial charge in [0.1, 0.15) is 0 Å². The van der Waals surface area contributed by atoms with E-state index < -0.39 is 5.97 Å². The molecule has 2 atom stereocenters. The van der Waals surface area contributed by atoms with E-state index in [0.29, 0.717) is 17.8 Å². The second-order valence-electron chi connectivity index (χ2n) is 5.60. The topological polar surface area (TPSA) is 66.4 Å². The van der Waals surface area contributed by atoms with E-state index in [9.17, 15) is 9.59 Å². The zero-order valence-corrected chi connectivity index (χ0v) is 10.2. The molecule has 0 bridgehead atoms. The van der Waals surface area contributed by atoms with E-state index in [-0.39, 0.29) is 18.2 Å². The Morgan fingerprint density at radius 3 is 2.44 bits per heavy atom. The summed E-state index contributed by atoms with van der Waals surface area (Å²) in [7, 11) is 0. The molecule has 1 fully saturated rings. The first kappa shape index (κ1) is 13.0. The van der Waals surface area contributed by atoms with Crippen molar-refractivity contribution in [1.82, 2.24) is 5.32 Å². The molecule has 4 nitrogen and oxygen atoms in total. The Balaban J connectivity index is 2.14. The molecule has 2 unspecified atom stereocenters. The fourth-order valence-electron chi connectivity index (χ4n) is 1.92. The van der Waals surface area contributed by atoms with Gasteiger partial charge in [0.15, 0.2) is 0 Å². The SMILES string of the molecule is CC(CC(=O)O)CC(=O)NCC1CC1(C)C. The van der Waals surface area contributed by atoms with Gasteiger partial charge in [-0.3, -0.25) is 9.59 Å². The highest BCUT2D eigenvalue weighted by molar-refractivity contribution is 5.77. The Hall–Kier alpha value is -1.06. The van der Waals surface area contributed by atoms with Crippen LogP contribution in [0.1, 0.15) is 40.0 Å². The number of amides is 1. The van der Waals surface area contributed by atoms with Gasteiger partial charge in [0.25, 0.3) is 0 Å². The van der Waals surface area contributed by atoms with Crippen LogP contribution in [0.3, 0.4) is 0 Å². The maximum Gasteiger partial charge on any atom is 0.303 e. The summed E-state index contributed by atoms with van der Waals surface area (Å²) in [6.07, 6.45) is 1.53. The lowest BCUT2D eigenvalue weighted by atomic mass is 10.0. The van der Waals surface area contributed by atoms with Crippen molar-refractivity contribution in [3.63, 3.8) is 0 Å². The van der Waals surface area contributed by atoms with Crippen LogP contribution in [0.5, 0.6) is 0 Å². The number of carboxylic acids is 1. The minimum Gasteiger partial charge on any atom is -0.481 e. The zero-order valence-electron chi connectivity index (χ0n) is 10.2. The van der Waals surface area contributed by atoms with Gasteiger partial charge in [0, 0.05) is 19.4 Å². The van der Waals surface area contributed by atoms with Gasteiger partial charge in [-0.1, -0.05) is 20.8 Å². The molecule has 4 heteroatoms. The summed E-state index contributed by atoms with van der Waals surface area (Å²) in [5.41, 5.74) is 0.375. The van der Waals surface area contributed by atoms with Gasteiger partial charge in [-0.2, -0.15) is 0 Å². The highest BCUT2D eigenvalue weighted by Crippen LogP contribution is 2.50. The van der Waals surface area contributed by atoms with Crippen LogP contribution in [0.2, 0.25) is 0 Å². The van der Waals surface area contributed by atoms with Crippen LogP contribution in [0, 0.1) is 17.3 Å². The van der Waals surface area contributed by atoms with Crippen LogP contribution >= 0.6 is 0 Å². The fourth-order valence-corrected chi connectivity index (χ4v) is 1.92. The normalized spacial score (nSPS) is 23.6. The summed E-state index contributed by atoms with van der Waals surface area (Å²) < 4.78 is 0. The largest absolute Gasteiger partial charge is 0.481 e. The van der Waals surface area contributed by atoms with Crippen LogP contribution in [0.4, 0.5) is 0 Å². The van der Waals surface area contributed by atoms with Crippen LogP contribution in [-0.4, -0.2) is 23.5 Å². The van der Waals surface area contributed by atoms with Gasteiger partial charge in [-0.25, -0.2) is 0 Å². The number of hydrogen-bond acceptors (Lipinski definition) is 2. The maximum absolute atomic E-state index is 11.5. The number of rotatable bonds is 6. The van der Waals surface area contributed by atoms with Crippen molar-refractivity contribution in [2.45, 2.75) is 40.0 Å². The molecule has 0 radical (unpaired) electrons. The molecule has 0 aliphatic heterocycles. The highest BCUT2D eigenvalue weighted by atomic mass is 16.4. The Kier molecular flexibility index (Phi) is 3.94. The average Bonchev–Trinajstić information content (AvgIpc) is 2.69. The molecule has 1 rings (SSSR count). The Bertz CT molecular complexity index is 286. The monoisotopic (exact) mass is 227 g/mol. The molecule has 1 aliphatic rings. The summed E-state index contributed by atoms with van der Waals surface area (Å²) in [5.74, 6) is -0.379. The predicted octanol–water partition coefficient (Wildman–Crippen LogP) is 1.65. The first-order chi connectivity index (χ1) is 7.31. The molecule has 16 heavy (non-hydrogen) atoms. The van der Waals surface area contributed by atoms with Crippen molar-refractivity contribution in [2.75, 3.05) is 6.54 Å². The summed E-state index contributed by atoms with van der Waals surface area (Å²) in [6, 6.07) is 0. The van der Waals surface area contributed by atoms with Crippen LogP contribution in [0.15, 0.2) is 0 Å². The first-order valence-corrected chi connectivity index (χ1v) is 5.80. The Morgan fingerprint density at radius 1 is 1.44 bits per heavy atom. The molecule has 1 aliphatic carbocycles. The van der Waals surface area contributed by atoms with Crippen LogP contribution < -0.4 is 5.32 Å². The average molecular weight is 227 g/mol. The van der Waals surface area contributed by atoms with E-state index in [1.807, 2.05) is 0 Å². The molecule has 92 valence electrons. The van der Waals surface area contributed by atoms with E-state index >= 15 is 0 Å². The number of carbonyl (C=O) groups excluding carboxylic acids is 1. The Labute approximate surface area is 96.4 Å². The lowest BCUT2D eigenvalue weighted by Gasteiger charge is -2.10. The van der Waals surface area contributed by atoms with Crippen molar-refractivity contribution in [1.29, 1.82) is 0 Å². The maximum atomic E-state index is 11.5. The lowest BCUT2D eigenvalue weighted by Crippen LogP contribution is -2.28. The van der Waals surface area contributed by atoms with Gasteiger partial charge in [0.05, 0.1) is 0 Å². The molecule has 0 heterocycles. The molecular weight excluding hydrogens is 206 g/mol. The predicted molar refractivity (Wildman–Crippen MR) is 60.9 cm³/mol. The summed E-state index contributed by atoms with van der Waals surface area (Å²) in [6.45, 7) is 6.90. The van der Waals surface area contributed by atoms with Crippen molar-refractivity contribution in [3.8, 4) is 0 Å². The third-order valence-corrected chi connectivity index (χ3v) is 3.32. The molecule has 0 aromatic carbocycles. The molecule has 0 aromatic heterocycles. The number of nitrogens with one attached hydrogen (secondary N) is 1. The number of carbonyl (C=O) groups is 2. The fraction of sp³-hybridized carbons (Fsp3) is 0.833. The van der Waals surface area contributed by atoms with Crippen LogP contribution in [0.25, 0.3) is 0 Å². The van der Waals surface area contributed by atoms with Gasteiger partial charge in [-0.05, 0) is 23.7 Å².